The van der Waals surface area contributed by atoms with Crippen LogP contribution in [-0.2, 0) is 9.98 Å². The van der Waals surface area contributed by atoms with Crippen molar-refractivity contribution in [1.29, 1.82) is 0 Å². The molecule has 2 heteroatoms. The zero-order valence-corrected chi connectivity index (χ0v) is 24.7. The predicted molar refractivity (Wildman–Crippen MR) is 184 cm³/mol. The van der Waals surface area contributed by atoms with Gasteiger partial charge in [0, 0.05) is 25.4 Å². The van der Waals surface area contributed by atoms with Gasteiger partial charge in [-0.15, -0.1) is 0 Å². The van der Waals surface area contributed by atoms with E-state index in [1.165, 1.54) is 0 Å². The van der Waals surface area contributed by atoms with Crippen LogP contribution in [0.25, 0.3) is 43.8 Å². The monoisotopic (exact) mass is 573 g/mol. The van der Waals surface area contributed by atoms with E-state index < -0.39 is 19.4 Å². The average Bonchev–Trinajstić information content (AvgIpc) is 3.10. The maximum absolute atomic E-state index is 15.1. The highest BCUT2D eigenvalue weighted by molar-refractivity contribution is 7.85. The van der Waals surface area contributed by atoms with Gasteiger partial charge < -0.3 is 4.57 Å². The third kappa shape index (κ3) is 3.75. The maximum Gasteiger partial charge on any atom is 0.171 e. The zero-order valence-electron chi connectivity index (χ0n) is 26.8. The molecule has 7 aromatic carbocycles. The number of fused-ring (bicyclic) bond motifs is 4. The number of benzene rings is 7. The molecule has 206 valence electrons. The van der Waals surface area contributed by atoms with Crippen molar-refractivity contribution < 1.29 is 8.68 Å². The molecule has 0 amide bonds. The average molecular weight is 574 g/mol. The Morgan fingerprint density at radius 3 is 1.67 bits per heavy atom. The van der Waals surface area contributed by atoms with Crippen molar-refractivity contribution in [1.82, 2.24) is 0 Å². The Labute approximate surface area is 257 Å². The minimum Gasteiger partial charge on any atom is -0.309 e. The summed E-state index contributed by atoms with van der Waals surface area (Å²) in [7, 11) is -3.13. The molecule has 0 bridgehead atoms. The molecular weight excluding hydrogens is 539 g/mol. The first-order valence-electron chi connectivity index (χ1n) is 16.1. The number of hydrogen-bond acceptors (Lipinski definition) is 1. The van der Waals surface area contributed by atoms with Gasteiger partial charge in [-0.05, 0) is 54.9 Å². The van der Waals surface area contributed by atoms with E-state index in [-0.39, 0.29) is 0 Å². The first kappa shape index (κ1) is 22.8. The van der Waals surface area contributed by atoms with Crippen molar-refractivity contribution >= 4 is 44.6 Å². The summed E-state index contributed by atoms with van der Waals surface area (Å²) in [6.45, 7) is -0.399. The SMILES string of the molecule is [2H]C([2H])([2H])C1(C)c2ccccc2-c2c3ccccc3c(-c3ccc(P(=O)(c4ccccc4)c4ccccc4)cc3)c3cccc1c23. The second-order valence-corrected chi connectivity index (χ2v) is 14.3. The molecule has 8 rings (SSSR count). The van der Waals surface area contributed by atoms with Crippen molar-refractivity contribution in [3.63, 3.8) is 0 Å². The summed E-state index contributed by atoms with van der Waals surface area (Å²) in [6, 6.07) is 50.1. The Bertz CT molecular complexity index is 2280. The van der Waals surface area contributed by atoms with Crippen molar-refractivity contribution in [2.75, 3.05) is 0 Å². The molecule has 0 aromatic heterocycles. The topological polar surface area (TPSA) is 17.1 Å². The van der Waals surface area contributed by atoms with Gasteiger partial charge in [0.15, 0.2) is 7.14 Å². The van der Waals surface area contributed by atoms with Crippen molar-refractivity contribution in [3.8, 4) is 22.3 Å². The standard InChI is InChI=1S/C41H31OP/c1-41(2)36-22-12-11-20-34(36)39-33-19-10-9-18-32(33)38(35-21-13-23-37(41)40(35)39)28-24-26-31(27-25-28)43(42,29-14-5-3-6-15-29)30-16-7-4-8-17-30/h3-27H,1-2H3/i1D3. The van der Waals surface area contributed by atoms with E-state index in [0.29, 0.717) is 0 Å². The van der Waals surface area contributed by atoms with Crippen molar-refractivity contribution in [3.05, 3.63) is 163 Å². The summed E-state index contributed by atoms with van der Waals surface area (Å²) < 4.78 is 41.4. The first-order valence-corrected chi connectivity index (χ1v) is 16.4. The smallest absolute Gasteiger partial charge is 0.171 e. The molecule has 0 heterocycles. The lowest BCUT2D eigenvalue weighted by Gasteiger charge is -2.36. The Morgan fingerprint density at radius 2 is 1.02 bits per heavy atom. The fourth-order valence-corrected chi connectivity index (χ4v) is 9.73. The summed E-state index contributed by atoms with van der Waals surface area (Å²) in [4.78, 5) is 0. The second-order valence-electron chi connectivity index (χ2n) is 11.5. The third-order valence-corrected chi connectivity index (χ3v) is 12.2. The van der Waals surface area contributed by atoms with E-state index in [9.17, 15) is 0 Å². The van der Waals surface area contributed by atoms with Gasteiger partial charge in [-0.25, -0.2) is 0 Å². The van der Waals surface area contributed by atoms with Crippen LogP contribution >= 0.6 is 7.14 Å². The second kappa shape index (κ2) is 9.66. The van der Waals surface area contributed by atoms with Crippen molar-refractivity contribution in [2.45, 2.75) is 19.2 Å². The molecule has 1 aliphatic carbocycles. The molecule has 1 atom stereocenters. The lowest BCUT2D eigenvalue weighted by Crippen LogP contribution is -2.24. The molecule has 43 heavy (non-hydrogen) atoms. The molecule has 1 aliphatic rings. The fourth-order valence-electron chi connectivity index (χ4n) is 7.08. The summed E-state index contributed by atoms with van der Waals surface area (Å²) >= 11 is 0. The Balaban J connectivity index is 1.42. The molecule has 0 fully saturated rings. The van der Waals surface area contributed by atoms with Gasteiger partial charge in [-0.2, -0.15) is 0 Å². The molecular formula is C41H31OP. The van der Waals surface area contributed by atoms with Crippen molar-refractivity contribution in [2.24, 2.45) is 0 Å². The largest absolute Gasteiger partial charge is 0.309 e. The van der Waals surface area contributed by atoms with Gasteiger partial charge in [0.25, 0.3) is 0 Å². The summed E-state index contributed by atoms with van der Waals surface area (Å²) in [6.07, 6.45) is 0. The molecule has 0 N–H and O–H groups in total. The Hall–Kier alpha value is -4.71. The molecule has 0 spiro atoms. The molecule has 1 unspecified atom stereocenters. The van der Waals surface area contributed by atoms with Crippen LogP contribution in [0.2, 0.25) is 0 Å². The van der Waals surface area contributed by atoms with E-state index in [1.54, 1.807) is 0 Å². The lowest BCUT2D eigenvalue weighted by atomic mass is 9.67. The summed E-state index contributed by atoms with van der Waals surface area (Å²) in [5, 5.41) is 6.53. The predicted octanol–water partition coefficient (Wildman–Crippen LogP) is 9.61. The number of rotatable bonds is 4. The molecule has 0 radical (unpaired) electrons. The van der Waals surface area contributed by atoms with E-state index in [4.69, 9.17) is 4.11 Å². The van der Waals surface area contributed by atoms with E-state index in [0.717, 1.165) is 70.8 Å². The molecule has 1 nitrogen and oxygen atoms in total. The highest BCUT2D eigenvalue weighted by Crippen LogP contribution is 2.53. The molecule has 0 saturated carbocycles. The highest BCUT2D eigenvalue weighted by Gasteiger charge is 2.35. The zero-order chi connectivity index (χ0) is 31.7. The van der Waals surface area contributed by atoms with Crippen LogP contribution in [0, 0.1) is 0 Å². The quantitative estimate of drug-likeness (QED) is 0.151. The number of hydrogen-bond donors (Lipinski definition) is 0. The van der Waals surface area contributed by atoms with Crippen LogP contribution in [0.15, 0.2) is 152 Å². The lowest BCUT2D eigenvalue weighted by molar-refractivity contribution is 0.592. The van der Waals surface area contributed by atoms with Crippen LogP contribution in [0.5, 0.6) is 0 Å². The van der Waals surface area contributed by atoms with E-state index in [1.807, 2.05) is 110 Å². The summed E-state index contributed by atoms with van der Waals surface area (Å²) in [5.74, 6) is 0. The Kier molecular flexibility index (Phi) is 5.13. The van der Waals surface area contributed by atoms with Crippen LogP contribution in [-0.4, -0.2) is 0 Å². The van der Waals surface area contributed by atoms with Gasteiger partial charge in [0.05, 0.1) is 0 Å². The fraction of sp³-hybridized carbons (Fsp3) is 0.0732. The van der Waals surface area contributed by atoms with Gasteiger partial charge in [-0.1, -0.05) is 165 Å². The minimum atomic E-state index is -3.13. The van der Waals surface area contributed by atoms with Crippen LogP contribution in [0.1, 0.15) is 29.0 Å². The molecule has 0 saturated heterocycles. The first-order chi connectivity index (χ1) is 22.2. The van der Waals surface area contributed by atoms with Crippen LogP contribution < -0.4 is 15.9 Å². The van der Waals surface area contributed by atoms with Gasteiger partial charge in [-0.3, -0.25) is 0 Å². The molecule has 0 aliphatic heterocycles. The van der Waals surface area contributed by atoms with E-state index in [2.05, 4.69) is 48.5 Å². The maximum atomic E-state index is 15.1. The van der Waals surface area contributed by atoms with E-state index >= 15 is 4.57 Å². The third-order valence-electron chi connectivity index (χ3n) is 9.08. The van der Waals surface area contributed by atoms with Crippen LogP contribution in [0.3, 0.4) is 0 Å². The van der Waals surface area contributed by atoms with Gasteiger partial charge >= 0.3 is 0 Å². The van der Waals surface area contributed by atoms with Gasteiger partial charge in [0.1, 0.15) is 0 Å². The normalized spacial score (nSPS) is 17.2. The van der Waals surface area contributed by atoms with Crippen LogP contribution in [0.4, 0.5) is 0 Å². The molecule has 7 aromatic rings. The Morgan fingerprint density at radius 1 is 0.512 bits per heavy atom. The minimum absolute atomic E-state index is 0.768. The summed E-state index contributed by atoms with van der Waals surface area (Å²) in [5.41, 5.74) is 4.55. The van der Waals surface area contributed by atoms with Gasteiger partial charge in [0.2, 0.25) is 0 Å². The highest BCUT2D eigenvalue weighted by atomic mass is 31.2.